The van der Waals surface area contributed by atoms with E-state index in [-0.39, 0.29) is 0 Å². The molecule has 0 radical (unpaired) electrons. The molecule has 6 nitrogen and oxygen atoms in total. The van der Waals surface area contributed by atoms with E-state index >= 15 is 0 Å². The van der Waals surface area contributed by atoms with E-state index in [1.165, 1.54) is 11.3 Å². The minimum Gasteiger partial charge on any atom is -0.380 e. The Balaban J connectivity index is 1.72. The summed E-state index contributed by atoms with van der Waals surface area (Å²) in [7, 11) is -1.45. The lowest BCUT2D eigenvalue weighted by molar-refractivity contribution is 0.222. The molecular weight excluding hydrogens is 368 g/mol. The first-order valence-electron chi connectivity index (χ1n) is 7.58. The van der Waals surface area contributed by atoms with Gasteiger partial charge in [-0.05, 0) is 25.2 Å². The van der Waals surface area contributed by atoms with Gasteiger partial charge in [0.25, 0.3) is 0 Å². The molecule has 130 valence electrons. The van der Waals surface area contributed by atoms with Crippen molar-refractivity contribution in [2.24, 2.45) is 0 Å². The Morgan fingerprint density at radius 3 is 2.71 bits per heavy atom. The molecule has 0 amide bonds. The van der Waals surface area contributed by atoms with E-state index in [2.05, 4.69) is 15.2 Å². The molecule has 3 rings (SSSR count). The minimum absolute atomic E-state index is 0.319. The van der Waals surface area contributed by atoms with E-state index in [1.807, 2.05) is 13.1 Å². The van der Waals surface area contributed by atoms with Crippen molar-refractivity contribution >= 4 is 38.6 Å². The molecule has 1 aromatic heterocycles. The van der Waals surface area contributed by atoms with Gasteiger partial charge in [0, 0.05) is 42.9 Å². The number of benzene rings is 1. The molecule has 0 bridgehead atoms. The molecule has 0 unspecified atom stereocenters. The lowest BCUT2D eigenvalue weighted by Crippen LogP contribution is -2.47. The van der Waals surface area contributed by atoms with Crippen LogP contribution in [0.2, 0.25) is 4.47 Å². The highest BCUT2D eigenvalue weighted by molar-refractivity contribution is 7.89. The molecule has 1 N–H and O–H groups in total. The highest BCUT2D eigenvalue weighted by Crippen LogP contribution is 2.22. The molecule has 2 aromatic rings. The van der Waals surface area contributed by atoms with Gasteiger partial charge < -0.3 is 10.2 Å². The first kappa shape index (κ1) is 17.6. The second kappa shape index (κ2) is 7.37. The zero-order valence-corrected chi connectivity index (χ0v) is 15.7. The summed E-state index contributed by atoms with van der Waals surface area (Å²) in [6.45, 7) is 3.11. The number of hydrogen-bond donors (Lipinski definition) is 1. The summed E-state index contributed by atoms with van der Waals surface area (Å²) in [6, 6.07) is 6.93. The van der Waals surface area contributed by atoms with Crippen molar-refractivity contribution < 1.29 is 8.42 Å². The molecule has 0 spiro atoms. The fourth-order valence-corrected chi connectivity index (χ4v) is 4.88. The third-order valence-corrected chi connectivity index (χ3v) is 6.94. The number of likely N-dealkylation sites (N-methyl/N-ethyl adjacent to an activating group) is 1. The van der Waals surface area contributed by atoms with E-state index in [0.717, 1.165) is 23.7 Å². The van der Waals surface area contributed by atoms with Crippen molar-refractivity contribution in [3.05, 3.63) is 39.8 Å². The zero-order chi connectivity index (χ0) is 17.2. The SMILES string of the molecule is CN1CCN(S(=O)(=O)c2cccc(NCc3cnc(Cl)s3)c2)CC1. The second-order valence-electron chi connectivity index (χ2n) is 5.67. The predicted octanol–water partition coefficient (Wildman–Crippen LogP) is 2.34. The molecule has 1 aliphatic rings. The molecule has 1 aromatic carbocycles. The van der Waals surface area contributed by atoms with Gasteiger partial charge in [0.2, 0.25) is 10.0 Å². The first-order valence-corrected chi connectivity index (χ1v) is 10.2. The summed E-state index contributed by atoms with van der Waals surface area (Å²) in [5.41, 5.74) is 0.759. The molecule has 0 aliphatic carbocycles. The van der Waals surface area contributed by atoms with Crippen LogP contribution in [-0.2, 0) is 16.6 Å². The number of thiazole rings is 1. The topological polar surface area (TPSA) is 65.5 Å². The van der Waals surface area contributed by atoms with E-state index in [4.69, 9.17) is 11.6 Å². The van der Waals surface area contributed by atoms with Gasteiger partial charge in [-0.1, -0.05) is 17.7 Å². The monoisotopic (exact) mass is 386 g/mol. The minimum atomic E-state index is -3.45. The number of piperazine rings is 1. The van der Waals surface area contributed by atoms with Crippen LogP contribution in [0.25, 0.3) is 0 Å². The number of rotatable bonds is 5. The maximum absolute atomic E-state index is 12.8. The zero-order valence-electron chi connectivity index (χ0n) is 13.3. The fraction of sp³-hybridized carbons (Fsp3) is 0.400. The van der Waals surface area contributed by atoms with Gasteiger partial charge in [0.1, 0.15) is 0 Å². The summed E-state index contributed by atoms with van der Waals surface area (Å²) < 4.78 is 27.6. The lowest BCUT2D eigenvalue weighted by atomic mass is 10.3. The summed E-state index contributed by atoms with van der Waals surface area (Å²) in [4.78, 5) is 7.43. The van der Waals surface area contributed by atoms with E-state index in [0.29, 0.717) is 29.0 Å². The average Bonchev–Trinajstić information content (AvgIpc) is 2.99. The predicted molar refractivity (Wildman–Crippen MR) is 97.1 cm³/mol. The normalized spacial score (nSPS) is 17.1. The van der Waals surface area contributed by atoms with E-state index in [9.17, 15) is 8.42 Å². The standard InChI is InChI=1S/C15H19ClN4O2S2/c1-19-5-7-20(8-6-19)24(21,22)14-4-2-3-12(9-14)17-10-13-11-18-15(16)23-13/h2-4,9,11,17H,5-8,10H2,1H3. The van der Waals surface area contributed by atoms with Gasteiger partial charge in [-0.3, -0.25) is 0 Å². The Labute approximate surface area is 151 Å². The van der Waals surface area contributed by atoms with Crippen LogP contribution in [0.15, 0.2) is 35.4 Å². The third kappa shape index (κ3) is 4.07. The van der Waals surface area contributed by atoms with Crippen LogP contribution in [0.4, 0.5) is 5.69 Å². The third-order valence-electron chi connectivity index (χ3n) is 3.93. The Bertz CT molecular complexity index is 801. The quantitative estimate of drug-likeness (QED) is 0.854. The number of nitrogens with zero attached hydrogens (tertiary/aromatic N) is 3. The van der Waals surface area contributed by atoms with Crippen molar-refractivity contribution in [1.29, 1.82) is 0 Å². The van der Waals surface area contributed by atoms with Crippen LogP contribution < -0.4 is 5.32 Å². The molecule has 1 saturated heterocycles. The first-order chi connectivity index (χ1) is 11.4. The number of sulfonamides is 1. The molecular formula is C15H19ClN4O2S2. The maximum atomic E-state index is 12.8. The average molecular weight is 387 g/mol. The van der Waals surface area contributed by atoms with Crippen LogP contribution in [0, 0.1) is 0 Å². The molecule has 2 heterocycles. The molecule has 0 saturated carbocycles. The Kier molecular flexibility index (Phi) is 5.41. The highest BCUT2D eigenvalue weighted by atomic mass is 35.5. The smallest absolute Gasteiger partial charge is 0.243 e. The summed E-state index contributed by atoms with van der Waals surface area (Å²) in [5, 5.41) is 3.22. The van der Waals surface area contributed by atoms with Crippen molar-refractivity contribution in [2.45, 2.75) is 11.4 Å². The molecule has 1 fully saturated rings. The van der Waals surface area contributed by atoms with Gasteiger partial charge in [-0.25, -0.2) is 13.4 Å². The molecule has 0 atom stereocenters. The van der Waals surface area contributed by atoms with Crippen LogP contribution in [0.1, 0.15) is 4.88 Å². The largest absolute Gasteiger partial charge is 0.380 e. The van der Waals surface area contributed by atoms with Gasteiger partial charge in [-0.2, -0.15) is 4.31 Å². The van der Waals surface area contributed by atoms with Gasteiger partial charge in [-0.15, -0.1) is 11.3 Å². The van der Waals surface area contributed by atoms with Crippen LogP contribution in [-0.4, -0.2) is 55.8 Å². The fourth-order valence-electron chi connectivity index (χ4n) is 2.50. The Morgan fingerprint density at radius 1 is 1.29 bits per heavy atom. The second-order valence-corrected chi connectivity index (χ2v) is 9.30. The van der Waals surface area contributed by atoms with Crippen molar-refractivity contribution in [2.75, 3.05) is 38.5 Å². The summed E-state index contributed by atoms with van der Waals surface area (Å²) in [5.74, 6) is 0. The van der Waals surface area contributed by atoms with Crippen molar-refractivity contribution in [1.82, 2.24) is 14.2 Å². The van der Waals surface area contributed by atoms with Gasteiger partial charge in [0.05, 0.1) is 11.4 Å². The van der Waals surface area contributed by atoms with Crippen LogP contribution in [0.5, 0.6) is 0 Å². The number of halogens is 1. The molecule has 9 heteroatoms. The maximum Gasteiger partial charge on any atom is 0.243 e. The van der Waals surface area contributed by atoms with Crippen LogP contribution >= 0.6 is 22.9 Å². The highest BCUT2D eigenvalue weighted by Gasteiger charge is 2.27. The molecule has 1 aliphatic heterocycles. The van der Waals surface area contributed by atoms with Crippen molar-refractivity contribution in [3.8, 4) is 0 Å². The summed E-state index contributed by atoms with van der Waals surface area (Å²) >= 11 is 7.22. The Morgan fingerprint density at radius 2 is 2.04 bits per heavy atom. The lowest BCUT2D eigenvalue weighted by Gasteiger charge is -2.31. The van der Waals surface area contributed by atoms with Gasteiger partial charge >= 0.3 is 0 Å². The van der Waals surface area contributed by atoms with Crippen molar-refractivity contribution in [3.63, 3.8) is 0 Å². The van der Waals surface area contributed by atoms with Crippen LogP contribution in [0.3, 0.4) is 0 Å². The van der Waals surface area contributed by atoms with Gasteiger partial charge in [0.15, 0.2) is 4.47 Å². The summed E-state index contributed by atoms with van der Waals surface area (Å²) in [6.07, 6.45) is 1.71. The number of hydrogen-bond acceptors (Lipinski definition) is 6. The number of anilines is 1. The number of nitrogens with one attached hydrogen (secondary N) is 1. The number of aromatic nitrogens is 1. The van der Waals surface area contributed by atoms with E-state index < -0.39 is 10.0 Å². The Hall–Kier alpha value is -1.19. The molecule has 24 heavy (non-hydrogen) atoms. The van der Waals surface area contributed by atoms with E-state index in [1.54, 1.807) is 28.7 Å².